The summed E-state index contributed by atoms with van der Waals surface area (Å²) in [5.41, 5.74) is 1.32. The average molecular weight is 331 g/mol. The predicted molar refractivity (Wildman–Crippen MR) is 88.4 cm³/mol. The van der Waals surface area contributed by atoms with E-state index in [0.717, 1.165) is 5.56 Å². The number of nitrogens with one attached hydrogen (secondary N) is 1. The molecule has 0 saturated carbocycles. The third-order valence-electron chi connectivity index (χ3n) is 3.84. The Kier molecular flexibility index (Phi) is 6.06. The molecule has 2 N–H and O–H groups in total. The lowest BCUT2D eigenvalue weighted by molar-refractivity contribution is -0.137. The van der Waals surface area contributed by atoms with Crippen molar-refractivity contribution in [2.24, 2.45) is 5.10 Å². The Morgan fingerprint density at radius 2 is 2.00 bits per heavy atom. The van der Waals surface area contributed by atoms with E-state index in [9.17, 15) is 14.4 Å². The molecule has 24 heavy (non-hydrogen) atoms. The Morgan fingerprint density at radius 3 is 2.62 bits per heavy atom. The number of carboxylic acids is 1. The van der Waals surface area contributed by atoms with Crippen molar-refractivity contribution in [1.29, 1.82) is 0 Å². The zero-order valence-corrected chi connectivity index (χ0v) is 13.6. The largest absolute Gasteiger partial charge is 0.481 e. The molecule has 0 aromatic heterocycles. The molecule has 1 heterocycles. The van der Waals surface area contributed by atoms with Crippen LogP contribution in [0.3, 0.4) is 0 Å². The van der Waals surface area contributed by atoms with Crippen LogP contribution in [0.1, 0.15) is 31.2 Å². The Morgan fingerprint density at radius 1 is 1.29 bits per heavy atom. The highest BCUT2D eigenvalue weighted by Crippen LogP contribution is 2.11. The molecule has 0 aliphatic carbocycles. The Hall–Kier alpha value is -2.70. The maximum Gasteiger partial charge on any atom is 0.303 e. The molecular weight excluding hydrogens is 310 g/mol. The molecule has 1 aliphatic heterocycles. The Balaban J connectivity index is 2.03. The number of carboxylic acid groups (broad SMARTS) is 1. The number of nitrogens with zero attached hydrogens (tertiary/aromatic N) is 2. The first-order chi connectivity index (χ1) is 11.5. The lowest BCUT2D eigenvalue weighted by atomic mass is 10.0. The number of benzene rings is 1. The molecule has 1 unspecified atom stereocenters. The summed E-state index contributed by atoms with van der Waals surface area (Å²) in [7, 11) is 1.51. The van der Waals surface area contributed by atoms with Crippen molar-refractivity contribution < 1.29 is 19.5 Å². The van der Waals surface area contributed by atoms with Crippen LogP contribution in [0.4, 0.5) is 0 Å². The van der Waals surface area contributed by atoms with Gasteiger partial charge in [0.1, 0.15) is 5.71 Å². The van der Waals surface area contributed by atoms with Crippen LogP contribution in [0, 0.1) is 0 Å². The number of hydrogen-bond donors (Lipinski definition) is 2. The van der Waals surface area contributed by atoms with Gasteiger partial charge in [0.15, 0.2) is 0 Å². The molecule has 1 aliphatic rings. The van der Waals surface area contributed by atoms with E-state index in [0.29, 0.717) is 25.0 Å². The maximum atomic E-state index is 12.4. The molecule has 0 fully saturated rings. The van der Waals surface area contributed by atoms with E-state index in [2.05, 4.69) is 10.4 Å². The molecule has 0 saturated heterocycles. The third-order valence-corrected chi connectivity index (χ3v) is 3.84. The minimum Gasteiger partial charge on any atom is -0.481 e. The molecule has 0 radical (unpaired) electrons. The number of rotatable bonds is 7. The lowest BCUT2D eigenvalue weighted by Gasteiger charge is -2.22. The van der Waals surface area contributed by atoms with Crippen molar-refractivity contribution in [3.63, 3.8) is 0 Å². The molecule has 128 valence electrons. The Labute approximate surface area is 140 Å². The molecule has 7 nitrogen and oxygen atoms in total. The van der Waals surface area contributed by atoms with Crippen LogP contribution >= 0.6 is 0 Å². The minimum atomic E-state index is -0.900. The van der Waals surface area contributed by atoms with Crippen molar-refractivity contribution >= 4 is 23.5 Å². The first-order valence-electron chi connectivity index (χ1n) is 7.86. The van der Waals surface area contributed by atoms with Crippen LogP contribution in [0.15, 0.2) is 35.4 Å². The van der Waals surface area contributed by atoms with E-state index in [-0.39, 0.29) is 30.7 Å². The fourth-order valence-electron chi connectivity index (χ4n) is 2.52. The van der Waals surface area contributed by atoms with Gasteiger partial charge in [-0.25, -0.2) is 5.01 Å². The molecular formula is C17H21N3O4. The van der Waals surface area contributed by atoms with Gasteiger partial charge in [0.2, 0.25) is 5.91 Å². The summed E-state index contributed by atoms with van der Waals surface area (Å²) in [5.74, 6) is -1.37. The van der Waals surface area contributed by atoms with Crippen LogP contribution in [0.2, 0.25) is 0 Å². The van der Waals surface area contributed by atoms with Crippen LogP contribution in [0.25, 0.3) is 0 Å². The smallest absolute Gasteiger partial charge is 0.303 e. The van der Waals surface area contributed by atoms with E-state index >= 15 is 0 Å². The quantitative estimate of drug-likeness (QED) is 0.784. The third kappa shape index (κ3) is 5.19. The van der Waals surface area contributed by atoms with Crippen molar-refractivity contribution in [1.82, 2.24) is 10.3 Å². The van der Waals surface area contributed by atoms with E-state index in [1.165, 1.54) is 12.1 Å². The fourth-order valence-corrected chi connectivity index (χ4v) is 2.52. The van der Waals surface area contributed by atoms with Gasteiger partial charge >= 0.3 is 5.97 Å². The minimum absolute atomic E-state index is 0.0252. The molecule has 0 bridgehead atoms. The van der Waals surface area contributed by atoms with Crippen molar-refractivity contribution in [2.75, 3.05) is 7.05 Å². The predicted octanol–water partition coefficient (Wildman–Crippen LogP) is 1.19. The average Bonchev–Trinajstić information content (AvgIpc) is 2.56. The van der Waals surface area contributed by atoms with Crippen LogP contribution < -0.4 is 5.32 Å². The van der Waals surface area contributed by atoms with Gasteiger partial charge < -0.3 is 10.4 Å². The molecule has 1 atom stereocenters. The molecule has 1 aromatic rings. The monoisotopic (exact) mass is 331 g/mol. The normalized spacial score (nSPS) is 15.6. The topological polar surface area (TPSA) is 99.1 Å². The van der Waals surface area contributed by atoms with Crippen molar-refractivity contribution in [3.05, 3.63) is 35.9 Å². The number of hydrogen-bond acceptors (Lipinski definition) is 4. The summed E-state index contributed by atoms with van der Waals surface area (Å²) in [5, 5.41) is 16.9. The van der Waals surface area contributed by atoms with E-state index in [4.69, 9.17) is 5.11 Å². The molecule has 7 heteroatoms. The second kappa shape index (κ2) is 8.24. The SMILES string of the molecule is CN1N=C(C(=O)NC(CCC(=O)O)Cc2ccccc2)CCC1=O. The molecule has 2 rings (SSSR count). The molecule has 1 aromatic carbocycles. The summed E-state index contributed by atoms with van der Waals surface area (Å²) >= 11 is 0. The standard InChI is InChI=1S/C17H21N3O4/c1-20-15(21)9-8-14(19-20)17(24)18-13(7-10-16(22)23)11-12-5-3-2-4-6-12/h2-6,13H,7-11H2,1H3,(H,18,24)(H,22,23). The first-order valence-corrected chi connectivity index (χ1v) is 7.86. The Bertz CT molecular complexity index is 642. The molecule has 2 amide bonds. The van der Waals surface area contributed by atoms with Gasteiger partial charge in [0.05, 0.1) is 0 Å². The first kappa shape index (κ1) is 17.7. The van der Waals surface area contributed by atoms with Gasteiger partial charge in [-0.05, 0) is 18.4 Å². The van der Waals surface area contributed by atoms with Gasteiger partial charge in [-0.2, -0.15) is 5.10 Å². The second-order valence-electron chi connectivity index (χ2n) is 5.76. The van der Waals surface area contributed by atoms with Crippen molar-refractivity contribution in [3.8, 4) is 0 Å². The fraction of sp³-hybridized carbons (Fsp3) is 0.412. The number of hydrazone groups is 1. The number of amides is 2. The van der Waals surface area contributed by atoms with Gasteiger partial charge in [-0.3, -0.25) is 14.4 Å². The number of carbonyl (C=O) groups is 3. The van der Waals surface area contributed by atoms with E-state index in [1.54, 1.807) is 0 Å². The number of carbonyl (C=O) groups excluding carboxylic acids is 2. The van der Waals surface area contributed by atoms with Crippen LogP contribution in [-0.4, -0.2) is 46.7 Å². The highest BCUT2D eigenvalue weighted by molar-refractivity contribution is 6.39. The van der Waals surface area contributed by atoms with Crippen LogP contribution in [-0.2, 0) is 20.8 Å². The molecule has 0 spiro atoms. The van der Waals surface area contributed by atoms with Gasteiger partial charge in [0, 0.05) is 32.4 Å². The highest BCUT2D eigenvalue weighted by Gasteiger charge is 2.24. The summed E-state index contributed by atoms with van der Waals surface area (Å²) in [4.78, 5) is 34.6. The van der Waals surface area contributed by atoms with E-state index < -0.39 is 5.97 Å². The van der Waals surface area contributed by atoms with Gasteiger partial charge in [0.25, 0.3) is 5.91 Å². The van der Waals surface area contributed by atoms with Crippen LogP contribution in [0.5, 0.6) is 0 Å². The maximum absolute atomic E-state index is 12.4. The lowest BCUT2D eigenvalue weighted by Crippen LogP contribution is -2.43. The summed E-state index contributed by atoms with van der Waals surface area (Å²) in [6.07, 6.45) is 1.40. The highest BCUT2D eigenvalue weighted by atomic mass is 16.4. The zero-order valence-electron chi connectivity index (χ0n) is 13.6. The summed E-state index contributed by atoms with van der Waals surface area (Å²) < 4.78 is 0. The van der Waals surface area contributed by atoms with E-state index in [1.807, 2.05) is 30.3 Å². The van der Waals surface area contributed by atoms with Gasteiger partial charge in [-0.15, -0.1) is 0 Å². The van der Waals surface area contributed by atoms with Gasteiger partial charge in [-0.1, -0.05) is 30.3 Å². The summed E-state index contributed by atoms with van der Waals surface area (Å²) in [6.45, 7) is 0. The second-order valence-corrected chi connectivity index (χ2v) is 5.76. The summed E-state index contributed by atoms with van der Waals surface area (Å²) in [6, 6.07) is 9.27. The van der Waals surface area contributed by atoms with Crippen molar-refractivity contribution in [2.45, 2.75) is 38.1 Å². The zero-order chi connectivity index (χ0) is 17.5. The number of aliphatic carboxylic acids is 1.